The highest BCUT2D eigenvalue weighted by atomic mass is 32.2. The summed E-state index contributed by atoms with van der Waals surface area (Å²) in [6, 6.07) is 0.384. The average molecular weight is 248 g/mol. The van der Waals surface area contributed by atoms with Gasteiger partial charge in [0.05, 0.1) is 10.5 Å². The molecule has 0 aromatic rings. The molecule has 0 radical (unpaired) electrons. The molecule has 0 bridgehead atoms. The van der Waals surface area contributed by atoms with Crippen molar-refractivity contribution in [3.05, 3.63) is 0 Å². The van der Waals surface area contributed by atoms with E-state index in [1.165, 1.54) is 0 Å². The Bertz CT molecular complexity index is 319. The maximum atomic E-state index is 11.9. The zero-order valence-electron chi connectivity index (χ0n) is 10.6. The van der Waals surface area contributed by atoms with Gasteiger partial charge in [0.25, 0.3) is 0 Å². The first kappa shape index (κ1) is 13.9. The topological polar surface area (TPSA) is 63.4 Å². The third kappa shape index (κ3) is 3.18. The van der Waals surface area contributed by atoms with Crippen LogP contribution in [0.5, 0.6) is 0 Å². The molecule has 1 aliphatic rings. The Kier molecular flexibility index (Phi) is 4.37. The fourth-order valence-corrected chi connectivity index (χ4v) is 3.09. The lowest BCUT2D eigenvalue weighted by molar-refractivity contribution is 0.273. The van der Waals surface area contributed by atoms with Gasteiger partial charge in [0.2, 0.25) is 0 Å². The van der Waals surface area contributed by atoms with Crippen molar-refractivity contribution in [3.8, 4) is 0 Å². The minimum absolute atomic E-state index is 0.243. The zero-order valence-corrected chi connectivity index (χ0v) is 11.4. The smallest absolute Gasteiger partial charge is 0.156 e. The van der Waals surface area contributed by atoms with Crippen molar-refractivity contribution in [2.45, 2.75) is 44.4 Å². The van der Waals surface area contributed by atoms with E-state index in [1.807, 2.05) is 0 Å². The van der Waals surface area contributed by atoms with Crippen LogP contribution in [0, 0.1) is 0 Å². The average Bonchev–Trinajstić information content (AvgIpc) is 2.60. The van der Waals surface area contributed by atoms with E-state index in [-0.39, 0.29) is 5.75 Å². The number of hydrogen-bond donors (Lipinski definition) is 1. The van der Waals surface area contributed by atoms with Crippen molar-refractivity contribution < 1.29 is 8.42 Å². The molecule has 0 amide bonds. The van der Waals surface area contributed by atoms with Gasteiger partial charge in [-0.2, -0.15) is 0 Å². The van der Waals surface area contributed by atoms with Gasteiger partial charge >= 0.3 is 0 Å². The Labute approximate surface area is 99.1 Å². The summed E-state index contributed by atoms with van der Waals surface area (Å²) in [7, 11) is -3.00. The van der Waals surface area contributed by atoms with Gasteiger partial charge in [-0.25, -0.2) is 8.42 Å². The summed E-state index contributed by atoms with van der Waals surface area (Å²) < 4.78 is 23.2. The van der Waals surface area contributed by atoms with Crippen LogP contribution in [0.3, 0.4) is 0 Å². The fraction of sp³-hybridized carbons (Fsp3) is 1.00. The van der Waals surface area contributed by atoms with Gasteiger partial charge in [-0.15, -0.1) is 0 Å². The lowest BCUT2D eigenvalue weighted by atomic mass is 10.2. The molecule has 96 valence electrons. The van der Waals surface area contributed by atoms with Crippen molar-refractivity contribution >= 4 is 9.84 Å². The first-order chi connectivity index (χ1) is 7.28. The van der Waals surface area contributed by atoms with Gasteiger partial charge in [0, 0.05) is 19.1 Å². The van der Waals surface area contributed by atoms with Crippen molar-refractivity contribution in [1.82, 2.24) is 4.90 Å². The highest BCUT2D eigenvalue weighted by Gasteiger charge is 2.31. The number of sulfone groups is 1. The molecule has 0 aromatic heterocycles. The summed E-state index contributed by atoms with van der Waals surface area (Å²) in [5.41, 5.74) is 5.66. The molecule has 4 nitrogen and oxygen atoms in total. The summed E-state index contributed by atoms with van der Waals surface area (Å²) in [4.78, 5) is 2.21. The van der Waals surface area contributed by atoms with E-state index in [2.05, 4.69) is 4.90 Å². The van der Waals surface area contributed by atoms with Crippen LogP contribution in [0.2, 0.25) is 0 Å². The highest BCUT2D eigenvalue weighted by molar-refractivity contribution is 7.92. The van der Waals surface area contributed by atoms with Crippen LogP contribution in [0.1, 0.15) is 33.6 Å². The number of nitrogens with two attached hydrogens (primary N) is 1. The normalized spacial score (nSPS) is 23.9. The molecule has 1 atom stereocenters. The van der Waals surface area contributed by atoms with E-state index in [0.29, 0.717) is 19.1 Å². The van der Waals surface area contributed by atoms with E-state index in [4.69, 9.17) is 5.73 Å². The second-order valence-electron chi connectivity index (χ2n) is 5.50. The van der Waals surface area contributed by atoms with Crippen LogP contribution in [0.15, 0.2) is 0 Å². The fourth-order valence-electron chi connectivity index (χ4n) is 2.00. The molecule has 16 heavy (non-hydrogen) atoms. The van der Waals surface area contributed by atoms with E-state index >= 15 is 0 Å². The molecule has 1 rings (SSSR count). The Morgan fingerprint density at radius 2 is 2.00 bits per heavy atom. The second kappa shape index (κ2) is 5.02. The molecular formula is C11H24N2O2S. The quantitative estimate of drug-likeness (QED) is 0.792. The zero-order chi connectivity index (χ0) is 12.4. The molecular weight excluding hydrogens is 224 g/mol. The third-order valence-corrected chi connectivity index (χ3v) is 5.94. The van der Waals surface area contributed by atoms with Crippen molar-refractivity contribution in [3.63, 3.8) is 0 Å². The minimum Gasteiger partial charge on any atom is -0.329 e. The van der Waals surface area contributed by atoms with Gasteiger partial charge in [0.15, 0.2) is 9.84 Å². The van der Waals surface area contributed by atoms with Crippen LogP contribution >= 0.6 is 0 Å². The second-order valence-corrected chi connectivity index (χ2v) is 8.36. The number of rotatable bonds is 4. The van der Waals surface area contributed by atoms with Crippen molar-refractivity contribution in [2.24, 2.45) is 5.73 Å². The Hall–Kier alpha value is -0.130. The minimum atomic E-state index is -3.00. The standard InChI is InChI=1S/C11H24N2O2S/c1-11(2,3)16(14,15)8-7-13-6-4-5-10(13)9-12/h10H,4-9,12H2,1-3H3. The van der Waals surface area contributed by atoms with Crippen LogP contribution < -0.4 is 5.73 Å². The largest absolute Gasteiger partial charge is 0.329 e. The van der Waals surface area contributed by atoms with Gasteiger partial charge in [-0.05, 0) is 40.2 Å². The Morgan fingerprint density at radius 3 is 2.50 bits per heavy atom. The van der Waals surface area contributed by atoms with E-state index in [0.717, 1.165) is 19.4 Å². The van der Waals surface area contributed by atoms with Crippen molar-refractivity contribution in [2.75, 3.05) is 25.4 Å². The van der Waals surface area contributed by atoms with Gasteiger partial charge < -0.3 is 5.73 Å². The lowest BCUT2D eigenvalue weighted by Crippen LogP contribution is -2.41. The molecule has 1 saturated heterocycles. The number of nitrogens with zero attached hydrogens (tertiary/aromatic N) is 1. The molecule has 2 N–H and O–H groups in total. The highest BCUT2D eigenvalue weighted by Crippen LogP contribution is 2.19. The summed E-state index contributed by atoms with van der Waals surface area (Å²) in [6.45, 7) is 7.52. The van der Waals surface area contributed by atoms with Crippen molar-refractivity contribution in [1.29, 1.82) is 0 Å². The van der Waals surface area contributed by atoms with E-state index in [1.54, 1.807) is 20.8 Å². The molecule has 5 heteroatoms. The molecule has 0 aliphatic carbocycles. The summed E-state index contributed by atoms with van der Waals surface area (Å²) in [5.74, 6) is 0.243. The van der Waals surface area contributed by atoms with Crippen LogP contribution in [-0.4, -0.2) is 49.5 Å². The van der Waals surface area contributed by atoms with Crippen LogP contribution in [-0.2, 0) is 9.84 Å². The molecule has 1 unspecified atom stereocenters. The van der Waals surface area contributed by atoms with E-state index in [9.17, 15) is 8.42 Å². The summed E-state index contributed by atoms with van der Waals surface area (Å²) in [5, 5.41) is 0. The summed E-state index contributed by atoms with van der Waals surface area (Å²) >= 11 is 0. The van der Waals surface area contributed by atoms with Gasteiger partial charge in [0.1, 0.15) is 0 Å². The monoisotopic (exact) mass is 248 g/mol. The Morgan fingerprint density at radius 1 is 1.38 bits per heavy atom. The van der Waals surface area contributed by atoms with Gasteiger partial charge in [-0.3, -0.25) is 4.90 Å². The first-order valence-corrected chi connectivity index (χ1v) is 7.59. The number of likely N-dealkylation sites (tertiary alicyclic amines) is 1. The molecule has 0 aromatic carbocycles. The molecule has 0 spiro atoms. The third-order valence-electron chi connectivity index (χ3n) is 3.35. The van der Waals surface area contributed by atoms with Crippen LogP contribution in [0.25, 0.3) is 0 Å². The van der Waals surface area contributed by atoms with Gasteiger partial charge in [-0.1, -0.05) is 0 Å². The lowest BCUT2D eigenvalue weighted by Gasteiger charge is -2.25. The molecule has 0 saturated carbocycles. The molecule has 1 aliphatic heterocycles. The molecule has 1 heterocycles. The maximum absolute atomic E-state index is 11.9. The van der Waals surface area contributed by atoms with Crippen LogP contribution in [0.4, 0.5) is 0 Å². The predicted molar refractivity (Wildman–Crippen MR) is 67.2 cm³/mol. The summed E-state index contributed by atoms with van der Waals surface area (Å²) in [6.07, 6.45) is 2.24. The Balaban J connectivity index is 2.52. The SMILES string of the molecule is CC(C)(C)S(=O)(=O)CCN1CCCC1CN. The van der Waals surface area contributed by atoms with E-state index < -0.39 is 14.6 Å². The molecule has 1 fully saturated rings. The first-order valence-electron chi connectivity index (χ1n) is 5.94. The maximum Gasteiger partial charge on any atom is 0.156 e. The number of hydrogen-bond acceptors (Lipinski definition) is 4. The predicted octanol–water partition coefficient (Wildman–Crippen LogP) is 0.623.